The second-order valence-electron chi connectivity index (χ2n) is 7.63. The van der Waals surface area contributed by atoms with Gasteiger partial charge in [-0.1, -0.05) is 47.1 Å². The number of anilines is 1. The highest BCUT2D eigenvalue weighted by atomic mass is 35.5. The lowest BCUT2D eigenvalue weighted by atomic mass is 9.97. The van der Waals surface area contributed by atoms with E-state index in [0.29, 0.717) is 31.2 Å². The molecule has 0 saturated carbocycles. The van der Waals surface area contributed by atoms with Crippen molar-refractivity contribution < 1.29 is 22.5 Å². The number of hydrogen-bond acceptors (Lipinski definition) is 5. The number of rotatable bonds is 5. The molecule has 1 aromatic heterocycles. The van der Waals surface area contributed by atoms with Gasteiger partial charge < -0.3 is 9.84 Å². The minimum absolute atomic E-state index is 0.0481. The molecule has 168 valence electrons. The summed E-state index contributed by atoms with van der Waals surface area (Å²) in [6.07, 6.45) is -3.14. The maximum atomic E-state index is 13.0. The summed E-state index contributed by atoms with van der Waals surface area (Å²) in [5, 5.41) is 6.61. The Kier molecular flexibility index (Phi) is 6.48. The van der Waals surface area contributed by atoms with E-state index in [9.17, 15) is 18.0 Å². The van der Waals surface area contributed by atoms with Gasteiger partial charge in [-0.15, -0.1) is 0 Å². The fourth-order valence-electron chi connectivity index (χ4n) is 3.66. The molecule has 6 nitrogen and oxygen atoms in total. The summed E-state index contributed by atoms with van der Waals surface area (Å²) in [6.45, 7) is 1.55. The van der Waals surface area contributed by atoms with Crippen LogP contribution in [0, 0.1) is 5.92 Å². The van der Waals surface area contributed by atoms with Crippen LogP contribution in [0.25, 0.3) is 11.4 Å². The number of likely N-dealkylation sites (tertiary alicyclic amines) is 1. The highest BCUT2D eigenvalue weighted by Crippen LogP contribution is 2.34. The molecule has 1 N–H and O–H groups in total. The summed E-state index contributed by atoms with van der Waals surface area (Å²) in [6, 6.07) is 12.3. The van der Waals surface area contributed by atoms with E-state index in [1.165, 1.54) is 0 Å². The quantitative estimate of drug-likeness (QED) is 0.557. The topological polar surface area (TPSA) is 71.3 Å². The summed E-state index contributed by atoms with van der Waals surface area (Å²) >= 11 is 6.00. The standard InChI is InChI=1S/C22H20ClF3N4O2/c23-17-9-8-16(22(24,25)26)11-18(17)27-21(31)15-7-4-10-30(12-15)13-19-28-20(29-32-19)14-5-2-1-3-6-14/h1-3,5-6,8-9,11,15H,4,7,10,12-13H2,(H,27,31). The van der Waals surface area contributed by atoms with Crippen molar-refractivity contribution in [2.75, 3.05) is 18.4 Å². The number of carbonyl (C=O) groups is 1. The number of amides is 1. The molecule has 1 fully saturated rings. The van der Waals surface area contributed by atoms with Crippen molar-refractivity contribution in [3.8, 4) is 11.4 Å². The van der Waals surface area contributed by atoms with Crippen LogP contribution in [0.15, 0.2) is 53.1 Å². The van der Waals surface area contributed by atoms with E-state index in [4.69, 9.17) is 16.1 Å². The molecule has 1 aliphatic heterocycles. The maximum Gasteiger partial charge on any atom is 0.416 e. The minimum atomic E-state index is -4.52. The molecular weight excluding hydrogens is 445 g/mol. The van der Waals surface area contributed by atoms with Gasteiger partial charge in [0.1, 0.15) is 0 Å². The third-order valence-corrected chi connectivity index (χ3v) is 5.62. The van der Waals surface area contributed by atoms with Crippen LogP contribution in [0.3, 0.4) is 0 Å². The van der Waals surface area contributed by atoms with Crippen LogP contribution in [-0.4, -0.2) is 34.0 Å². The van der Waals surface area contributed by atoms with Crippen LogP contribution in [-0.2, 0) is 17.5 Å². The first-order chi connectivity index (χ1) is 15.3. The fourth-order valence-corrected chi connectivity index (χ4v) is 3.82. The molecule has 0 radical (unpaired) electrons. The molecule has 0 spiro atoms. The highest BCUT2D eigenvalue weighted by Gasteiger charge is 2.32. The van der Waals surface area contributed by atoms with Crippen LogP contribution >= 0.6 is 11.6 Å². The van der Waals surface area contributed by atoms with E-state index in [1.54, 1.807) is 0 Å². The van der Waals surface area contributed by atoms with Gasteiger partial charge in [0.05, 0.1) is 28.7 Å². The third kappa shape index (κ3) is 5.28. The lowest BCUT2D eigenvalue weighted by Gasteiger charge is -2.31. The van der Waals surface area contributed by atoms with E-state index >= 15 is 0 Å². The summed E-state index contributed by atoms with van der Waals surface area (Å²) < 4.78 is 44.3. The van der Waals surface area contributed by atoms with Gasteiger partial charge in [-0.3, -0.25) is 9.69 Å². The Hall–Kier alpha value is -2.91. The van der Waals surface area contributed by atoms with Crippen LogP contribution in [0.5, 0.6) is 0 Å². The van der Waals surface area contributed by atoms with Gasteiger partial charge in [-0.05, 0) is 37.6 Å². The average molecular weight is 465 g/mol. The van der Waals surface area contributed by atoms with Gasteiger partial charge in [0.25, 0.3) is 0 Å². The van der Waals surface area contributed by atoms with E-state index < -0.39 is 17.7 Å². The number of benzene rings is 2. The molecule has 1 aliphatic rings. The van der Waals surface area contributed by atoms with Crippen molar-refractivity contribution in [1.29, 1.82) is 0 Å². The van der Waals surface area contributed by atoms with Gasteiger partial charge in [0.15, 0.2) is 0 Å². The number of carbonyl (C=O) groups excluding carboxylic acids is 1. The molecule has 1 amide bonds. The molecule has 0 bridgehead atoms. The van der Waals surface area contributed by atoms with Crippen LogP contribution in [0.4, 0.5) is 18.9 Å². The number of nitrogens with zero attached hydrogens (tertiary/aromatic N) is 3. The summed E-state index contributed by atoms with van der Waals surface area (Å²) in [5.41, 5.74) is -0.0718. The van der Waals surface area contributed by atoms with Crippen molar-refractivity contribution in [2.24, 2.45) is 5.92 Å². The Morgan fingerprint density at radius 2 is 2.00 bits per heavy atom. The van der Waals surface area contributed by atoms with Gasteiger partial charge in [-0.25, -0.2) is 0 Å². The lowest BCUT2D eigenvalue weighted by Crippen LogP contribution is -2.40. The smallest absolute Gasteiger partial charge is 0.338 e. The number of aromatic nitrogens is 2. The van der Waals surface area contributed by atoms with E-state index in [2.05, 4.69) is 15.5 Å². The Bertz CT molecular complexity index is 1090. The zero-order valence-electron chi connectivity index (χ0n) is 16.9. The summed E-state index contributed by atoms with van der Waals surface area (Å²) in [7, 11) is 0. The zero-order valence-corrected chi connectivity index (χ0v) is 17.7. The molecule has 2 heterocycles. The molecule has 2 aromatic carbocycles. The SMILES string of the molecule is O=C(Nc1cc(C(F)(F)F)ccc1Cl)C1CCCN(Cc2nc(-c3ccccc3)no2)C1. The lowest BCUT2D eigenvalue weighted by molar-refractivity contribution is -0.137. The summed E-state index contributed by atoms with van der Waals surface area (Å²) in [5.74, 6) is 0.161. The van der Waals surface area contributed by atoms with Crippen molar-refractivity contribution in [3.63, 3.8) is 0 Å². The van der Waals surface area contributed by atoms with Crippen molar-refractivity contribution in [2.45, 2.75) is 25.6 Å². The first-order valence-corrected chi connectivity index (χ1v) is 10.5. The second kappa shape index (κ2) is 9.30. The van der Waals surface area contributed by atoms with Crippen LogP contribution in [0.1, 0.15) is 24.3 Å². The van der Waals surface area contributed by atoms with Gasteiger partial charge in [0.2, 0.25) is 17.6 Å². The zero-order chi connectivity index (χ0) is 22.7. The molecule has 0 aliphatic carbocycles. The Morgan fingerprint density at radius 3 is 2.75 bits per heavy atom. The summed E-state index contributed by atoms with van der Waals surface area (Å²) in [4.78, 5) is 19.2. The molecule has 4 rings (SSSR count). The van der Waals surface area contributed by atoms with E-state index in [-0.39, 0.29) is 16.6 Å². The van der Waals surface area contributed by atoms with Gasteiger partial charge in [-0.2, -0.15) is 18.2 Å². The first-order valence-electron chi connectivity index (χ1n) is 10.1. The minimum Gasteiger partial charge on any atom is -0.338 e. The number of nitrogens with one attached hydrogen (secondary N) is 1. The molecule has 10 heteroatoms. The Balaban J connectivity index is 1.39. The molecule has 32 heavy (non-hydrogen) atoms. The normalized spacial score (nSPS) is 17.3. The monoisotopic (exact) mass is 464 g/mol. The Labute approximate surface area is 187 Å². The molecule has 1 atom stereocenters. The van der Waals surface area contributed by atoms with Gasteiger partial charge >= 0.3 is 6.18 Å². The number of piperidine rings is 1. The second-order valence-corrected chi connectivity index (χ2v) is 8.04. The predicted molar refractivity (Wildman–Crippen MR) is 113 cm³/mol. The van der Waals surface area contributed by atoms with Gasteiger partial charge in [0, 0.05) is 12.1 Å². The fraction of sp³-hybridized carbons (Fsp3) is 0.318. The van der Waals surface area contributed by atoms with E-state index in [0.717, 1.165) is 36.7 Å². The Morgan fingerprint density at radius 1 is 1.22 bits per heavy atom. The molecule has 1 saturated heterocycles. The maximum absolute atomic E-state index is 13.0. The number of halogens is 4. The van der Waals surface area contributed by atoms with Crippen LogP contribution in [0.2, 0.25) is 5.02 Å². The van der Waals surface area contributed by atoms with E-state index in [1.807, 2.05) is 35.2 Å². The predicted octanol–water partition coefficient (Wildman–Crippen LogP) is 5.26. The van der Waals surface area contributed by atoms with Crippen molar-refractivity contribution in [1.82, 2.24) is 15.0 Å². The van der Waals surface area contributed by atoms with Crippen molar-refractivity contribution in [3.05, 3.63) is 65.0 Å². The third-order valence-electron chi connectivity index (χ3n) is 5.29. The molecule has 3 aromatic rings. The number of hydrogen-bond donors (Lipinski definition) is 1. The van der Waals surface area contributed by atoms with Crippen molar-refractivity contribution >= 4 is 23.2 Å². The number of alkyl halides is 3. The molecular formula is C22H20ClF3N4O2. The largest absolute Gasteiger partial charge is 0.416 e. The average Bonchev–Trinajstić information content (AvgIpc) is 3.24. The first kappa shape index (κ1) is 22.3. The van der Waals surface area contributed by atoms with Crippen LogP contribution < -0.4 is 5.32 Å². The molecule has 1 unspecified atom stereocenters. The highest BCUT2D eigenvalue weighted by molar-refractivity contribution is 6.33.